The molecule has 0 aromatic heterocycles. The normalized spacial score (nSPS) is 17.0. The van der Waals surface area contributed by atoms with E-state index >= 15 is 0 Å². The van der Waals surface area contributed by atoms with E-state index < -0.39 is 0 Å². The summed E-state index contributed by atoms with van der Waals surface area (Å²) in [6, 6.07) is 16.5. The fraction of sp³-hybridized carbons (Fsp3) is 0.316. The van der Waals surface area contributed by atoms with Gasteiger partial charge in [0.1, 0.15) is 0 Å². The number of rotatable bonds is 4. The molecule has 1 fully saturated rings. The van der Waals surface area contributed by atoms with Crippen molar-refractivity contribution >= 4 is 35.8 Å². The first-order valence-corrected chi connectivity index (χ1v) is 8.89. The van der Waals surface area contributed by atoms with Crippen LogP contribution in [-0.4, -0.2) is 19.0 Å². The van der Waals surface area contributed by atoms with Crippen molar-refractivity contribution in [2.75, 3.05) is 18.4 Å². The first-order valence-electron chi connectivity index (χ1n) is 8.07. The summed E-state index contributed by atoms with van der Waals surface area (Å²) in [5, 5.41) is 6.37. The van der Waals surface area contributed by atoms with Gasteiger partial charge >= 0.3 is 0 Å². The Morgan fingerprint density at radius 2 is 1.96 bits per heavy atom. The van der Waals surface area contributed by atoms with E-state index in [9.17, 15) is 4.79 Å². The fourth-order valence-electron chi connectivity index (χ4n) is 2.77. The van der Waals surface area contributed by atoms with Crippen LogP contribution in [0.4, 0.5) is 5.69 Å². The minimum Gasteiger partial charge on any atom is -0.326 e. The summed E-state index contributed by atoms with van der Waals surface area (Å²) < 4.78 is 0. The Hall–Kier alpha value is -1.49. The molecular formula is C19H23ClN2OS. The lowest BCUT2D eigenvalue weighted by atomic mass is 9.98. The lowest BCUT2D eigenvalue weighted by Gasteiger charge is -2.22. The van der Waals surface area contributed by atoms with Crippen molar-refractivity contribution in [3.63, 3.8) is 0 Å². The zero-order valence-corrected chi connectivity index (χ0v) is 15.4. The molecule has 1 amide bonds. The molecule has 0 bridgehead atoms. The molecule has 0 aliphatic carbocycles. The number of piperidine rings is 1. The zero-order valence-electron chi connectivity index (χ0n) is 13.7. The van der Waals surface area contributed by atoms with Crippen molar-refractivity contribution in [3.05, 3.63) is 54.1 Å². The van der Waals surface area contributed by atoms with Crippen molar-refractivity contribution < 1.29 is 4.79 Å². The second-order valence-electron chi connectivity index (χ2n) is 5.92. The smallest absolute Gasteiger partial charge is 0.228 e. The number of hydrogen-bond acceptors (Lipinski definition) is 3. The van der Waals surface area contributed by atoms with Gasteiger partial charge in [-0.05, 0) is 62.2 Å². The molecule has 24 heavy (non-hydrogen) atoms. The molecule has 1 saturated heterocycles. The van der Waals surface area contributed by atoms with Crippen LogP contribution in [0.15, 0.2) is 58.3 Å². The highest BCUT2D eigenvalue weighted by Crippen LogP contribution is 2.30. The third-order valence-electron chi connectivity index (χ3n) is 4.10. The minimum atomic E-state index is 0. The fourth-order valence-corrected chi connectivity index (χ4v) is 3.71. The number of hydrogen-bond donors (Lipinski definition) is 2. The Labute approximate surface area is 154 Å². The molecule has 3 nitrogen and oxygen atoms in total. The Balaban J connectivity index is 0.00000208. The summed E-state index contributed by atoms with van der Waals surface area (Å²) in [7, 11) is 0. The van der Waals surface area contributed by atoms with Crippen LogP contribution in [0.2, 0.25) is 0 Å². The zero-order chi connectivity index (χ0) is 16.1. The van der Waals surface area contributed by atoms with Gasteiger partial charge in [-0.15, -0.1) is 12.4 Å². The molecule has 1 unspecified atom stereocenters. The molecule has 128 valence electrons. The predicted molar refractivity (Wildman–Crippen MR) is 103 cm³/mol. The quantitative estimate of drug-likeness (QED) is 0.841. The van der Waals surface area contributed by atoms with E-state index in [4.69, 9.17) is 0 Å². The van der Waals surface area contributed by atoms with E-state index in [0.29, 0.717) is 0 Å². The van der Waals surface area contributed by atoms with Gasteiger partial charge in [0.05, 0.1) is 5.92 Å². The van der Waals surface area contributed by atoms with Gasteiger partial charge < -0.3 is 10.6 Å². The molecule has 2 aromatic rings. The number of carbonyl (C=O) groups excluding carboxylic acids is 1. The van der Waals surface area contributed by atoms with Gasteiger partial charge in [-0.25, -0.2) is 0 Å². The summed E-state index contributed by atoms with van der Waals surface area (Å²) in [4.78, 5) is 14.7. The Bertz CT molecular complexity index is 672. The van der Waals surface area contributed by atoms with E-state index in [1.54, 1.807) is 11.8 Å². The van der Waals surface area contributed by atoms with E-state index in [1.807, 2.05) is 31.2 Å². The number of benzene rings is 2. The van der Waals surface area contributed by atoms with Crippen LogP contribution in [0.5, 0.6) is 0 Å². The van der Waals surface area contributed by atoms with Crippen molar-refractivity contribution in [1.82, 2.24) is 5.32 Å². The largest absolute Gasteiger partial charge is 0.326 e. The van der Waals surface area contributed by atoms with E-state index in [-0.39, 0.29) is 24.2 Å². The topological polar surface area (TPSA) is 41.1 Å². The molecule has 0 saturated carbocycles. The Kier molecular flexibility index (Phi) is 7.16. The maximum Gasteiger partial charge on any atom is 0.228 e. The van der Waals surface area contributed by atoms with Gasteiger partial charge in [0.15, 0.2) is 0 Å². The van der Waals surface area contributed by atoms with Crippen LogP contribution in [0.25, 0.3) is 0 Å². The maximum atomic E-state index is 12.3. The average molecular weight is 363 g/mol. The van der Waals surface area contributed by atoms with E-state index in [0.717, 1.165) is 37.2 Å². The second-order valence-corrected chi connectivity index (χ2v) is 7.07. The molecule has 2 N–H and O–H groups in total. The monoisotopic (exact) mass is 362 g/mol. The highest BCUT2D eigenvalue weighted by molar-refractivity contribution is 7.99. The first-order chi connectivity index (χ1) is 11.2. The second kappa shape index (κ2) is 9.11. The lowest BCUT2D eigenvalue weighted by Crippen LogP contribution is -2.37. The standard InChI is InChI=1S/C19H22N2OS.ClH/c1-14-12-17(23-16-7-3-2-4-8-16)9-10-18(14)21-19(22)15-6-5-11-20-13-15;/h2-4,7-10,12,15,20H,5-6,11,13H2,1H3,(H,21,22);1H. The highest BCUT2D eigenvalue weighted by atomic mass is 35.5. The van der Waals surface area contributed by atoms with Crippen molar-refractivity contribution in [3.8, 4) is 0 Å². The molecule has 1 aliphatic rings. The van der Waals surface area contributed by atoms with Crippen molar-refractivity contribution in [1.29, 1.82) is 0 Å². The molecule has 5 heteroatoms. The molecular weight excluding hydrogens is 340 g/mol. The number of aryl methyl sites for hydroxylation is 1. The molecule has 1 heterocycles. The number of halogens is 1. The van der Waals surface area contributed by atoms with E-state index in [1.165, 1.54) is 9.79 Å². The van der Waals surface area contributed by atoms with Crippen LogP contribution in [0.1, 0.15) is 18.4 Å². The lowest BCUT2D eigenvalue weighted by molar-refractivity contribution is -0.120. The number of amides is 1. The van der Waals surface area contributed by atoms with Crippen LogP contribution in [0, 0.1) is 12.8 Å². The van der Waals surface area contributed by atoms with Gasteiger partial charge in [-0.3, -0.25) is 4.79 Å². The van der Waals surface area contributed by atoms with Crippen LogP contribution in [0.3, 0.4) is 0 Å². The number of anilines is 1. The summed E-state index contributed by atoms with van der Waals surface area (Å²) in [6.07, 6.45) is 2.05. The Morgan fingerprint density at radius 3 is 2.62 bits per heavy atom. The van der Waals surface area contributed by atoms with Gasteiger partial charge in [0.25, 0.3) is 0 Å². The minimum absolute atomic E-state index is 0. The predicted octanol–water partition coefficient (Wildman–Crippen LogP) is 4.51. The highest BCUT2D eigenvalue weighted by Gasteiger charge is 2.21. The summed E-state index contributed by atoms with van der Waals surface area (Å²) in [6.45, 7) is 3.85. The molecule has 0 radical (unpaired) electrons. The first kappa shape index (κ1) is 18.8. The number of nitrogens with one attached hydrogen (secondary N) is 2. The van der Waals surface area contributed by atoms with Gasteiger partial charge in [-0.2, -0.15) is 0 Å². The van der Waals surface area contributed by atoms with Crippen molar-refractivity contribution in [2.45, 2.75) is 29.6 Å². The number of carbonyl (C=O) groups is 1. The maximum absolute atomic E-state index is 12.3. The summed E-state index contributed by atoms with van der Waals surface area (Å²) >= 11 is 1.73. The van der Waals surface area contributed by atoms with Gasteiger partial charge in [-0.1, -0.05) is 30.0 Å². The van der Waals surface area contributed by atoms with Crippen LogP contribution in [-0.2, 0) is 4.79 Å². The van der Waals surface area contributed by atoms with Gasteiger partial charge in [0.2, 0.25) is 5.91 Å². The summed E-state index contributed by atoms with van der Waals surface area (Å²) in [5.74, 6) is 0.213. The SMILES string of the molecule is Cc1cc(Sc2ccccc2)ccc1NC(=O)C1CCCNC1.Cl. The summed E-state index contributed by atoms with van der Waals surface area (Å²) in [5.41, 5.74) is 2.01. The van der Waals surface area contributed by atoms with E-state index in [2.05, 4.69) is 34.9 Å². The van der Waals surface area contributed by atoms with Crippen molar-refractivity contribution in [2.24, 2.45) is 5.92 Å². The van der Waals surface area contributed by atoms with Crippen LogP contribution < -0.4 is 10.6 Å². The molecule has 3 rings (SSSR count). The molecule has 1 aliphatic heterocycles. The molecule has 2 aromatic carbocycles. The molecule has 0 spiro atoms. The Morgan fingerprint density at radius 1 is 1.17 bits per heavy atom. The average Bonchev–Trinajstić information content (AvgIpc) is 2.59. The third-order valence-corrected chi connectivity index (χ3v) is 5.10. The van der Waals surface area contributed by atoms with Crippen LogP contribution >= 0.6 is 24.2 Å². The third kappa shape index (κ3) is 5.00. The van der Waals surface area contributed by atoms with Gasteiger partial charge in [0, 0.05) is 22.0 Å². The molecule has 1 atom stereocenters.